The molecule has 3 N–H and O–H groups in total. The number of anilines is 1. The number of para-hydroxylation sites is 1. The van der Waals surface area contributed by atoms with Gasteiger partial charge >= 0.3 is 0 Å². The molecule has 0 radical (unpaired) electrons. The third-order valence-corrected chi connectivity index (χ3v) is 4.76. The van der Waals surface area contributed by atoms with Crippen molar-refractivity contribution in [2.75, 3.05) is 4.72 Å². The van der Waals surface area contributed by atoms with Crippen LogP contribution in [0.5, 0.6) is 0 Å². The maximum atomic E-state index is 13.7. The summed E-state index contributed by atoms with van der Waals surface area (Å²) in [6.45, 7) is 1.72. The molecular weight excluding hydrogens is 315 g/mol. The van der Waals surface area contributed by atoms with Crippen LogP contribution in [0.3, 0.4) is 0 Å². The van der Waals surface area contributed by atoms with E-state index in [1.165, 1.54) is 6.07 Å². The molecule has 0 aromatic heterocycles. The molecule has 0 aliphatic rings. The third kappa shape index (κ3) is 3.34. The first-order chi connectivity index (χ1) is 9.85. The Morgan fingerprint density at radius 2 is 1.95 bits per heavy atom. The van der Waals surface area contributed by atoms with Crippen molar-refractivity contribution in [3.8, 4) is 0 Å². The van der Waals surface area contributed by atoms with Gasteiger partial charge in [0.05, 0.1) is 15.6 Å². The first-order valence-electron chi connectivity index (χ1n) is 6.11. The normalized spacial score (nSPS) is 11.4. The molecule has 0 aliphatic carbocycles. The van der Waals surface area contributed by atoms with Crippen LogP contribution in [0.1, 0.15) is 11.1 Å². The molecule has 4 nitrogen and oxygen atoms in total. The highest BCUT2D eigenvalue weighted by Gasteiger charge is 2.19. The SMILES string of the molecule is Cc1ccccc1NS(=O)(=O)c1cc(F)c(Cl)c(CN)c1. The number of nitrogens with two attached hydrogens (primary N) is 1. The fraction of sp³-hybridized carbons (Fsp3) is 0.143. The van der Waals surface area contributed by atoms with Crippen LogP contribution in [0.4, 0.5) is 10.1 Å². The predicted octanol–water partition coefficient (Wildman–Crippen LogP) is 3.05. The molecule has 0 amide bonds. The number of hydrogen-bond acceptors (Lipinski definition) is 3. The summed E-state index contributed by atoms with van der Waals surface area (Å²) in [5.41, 5.74) is 6.87. The van der Waals surface area contributed by atoms with Crippen LogP contribution in [-0.4, -0.2) is 8.42 Å². The molecule has 2 aromatic carbocycles. The van der Waals surface area contributed by atoms with E-state index in [1.807, 2.05) is 0 Å². The van der Waals surface area contributed by atoms with Crippen molar-refractivity contribution < 1.29 is 12.8 Å². The van der Waals surface area contributed by atoms with Gasteiger partial charge in [-0.3, -0.25) is 4.72 Å². The van der Waals surface area contributed by atoms with Gasteiger partial charge in [-0.25, -0.2) is 12.8 Å². The van der Waals surface area contributed by atoms with Gasteiger partial charge in [-0.1, -0.05) is 29.8 Å². The molecular formula is C14H14ClFN2O2S. The lowest BCUT2D eigenvalue weighted by Crippen LogP contribution is -2.15. The minimum absolute atomic E-state index is 0.0521. The van der Waals surface area contributed by atoms with Crippen LogP contribution in [0.2, 0.25) is 5.02 Å². The van der Waals surface area contributed by atoms with Gasteiger partial charge in [0.25, 0.3) is 10.0 Å². The average Bonchev–Trinajstić information content (AvgIpc) is 2.44. The number of aryl methyl sites for hydroxylation is 1. The number of nitrogens with one attached hydrogen (secondary N) is 1. The summed E-state index contributed by atoms with van der Waals surface area (Å²) in [6.07, 6.45) is 0. The van der Waals surface area contributed by atoms with E-state index in [4.69, 9.17) is 17.3 Å². The molecule has 0 saturated carbocycles. The lowest BCUT2D eigenvalue weighted by molar-refractivity contribution is 0.594. The Bertz CT molecular complexity index is 779. The Kier molecular flexibility index (Phi) is 4.51. The van der Waals surface area contributed by atoms with Crippen molar-refractivity contribution in [2.45, 2.75) is 18.4 Å². The quantitative estimate of drug-likeness (QED) is 0.906. The van der Waals surface area contributed by atoms with Gasteiger partial charge in [0, 0.05) is 6.54 Å². The van der Waals surface area contributed by atoms with Crippen LogP contribution >= 0.6 is 11.6 Å². The van der Waals surface area contributed by atoms with Crippen LogP contribution in [0, 0.1) is 12.7 Å². The first kappa shape index (κ1) is 15.8. The summed E-state index contributed by atoms with van der Waals surface area (Å²) in [7, 11) is -3.91. The maximum Gasteiger partial charge on any atom is 0.262 e. The molecule has 2 aromatic rings. The maximum absolute atomic E-state index is 13.7. The molecule has 7 heteroatoms. The fourth-order valence-corrected chi connectivity index (χ4v) is 3.19. The van der Waals surface area contributed by atoms with Gasteiger partial charge in [-0.05, 0) is 36.2 Å². The second-order valence-electron chi connectivity index (χ2n) is 4.50. The second kappa shape index (κ2) is 6.01. The standard InChI is InChI=1S/C14H14ClFN2O2S/c1-9-4-2-3-5-13(9)18-21(19,20)11-6-10(8-17)14(15)12(16)7-11/h2-7,18H,8,17H2,1H3. The molecule has 0 spiro atoms. The first-order valence-corrected chi connectivity index (χ1v) is 7.97. The lowest BCUT2D eigenvalue weighted by Gasteiger charge is -2.12. The van der Waals surface area contributed by atoms with Crippen molar-refractivity contribution >= 4 is 27.3 Å². The summed E-state index contributed by atoms with van der Waals surface area (Å²) in [5.74, 6) is -0.815. The summed E-state index contributed by atoms with van der Waals surface area (Å²) in [6, 6.07) is 9.04. The van der Waals surface area contributed by atoms with E-state index in [0.29, 0.717) is 5.69 Å². The van der Waals surface area contributed by atoms with E-state index >= 15 is 0 Å². The van der Waals surface area contributed by atoms with Crippen molar-refractivity contribution in [3.63, 3.8) is 0 Å². The molecule has 0 bridgehead atoms. The van der Waals surface area contributed by atoms with E-state index in [1.54, 1.807) is 31.2 Å². The molecule has 0 saturated heterocycles. The average molecular weight is 329 g/mol. The van der Waals surface area contributed by atoms with Gasteiger partial charge in [-0.2, -0.15) is 0 Å². The largest absolute Gasteiger partial charge is 0.326 e. The van der Waals surface area contributed by atoms with Gasteiger partial charge in [0.1, 0.15) is 5.82 Å². The Hall–Kier alpha value is -1.63. The van der Waals surface area contributed by atoms with E-state index in [-0.39, 0.29) is 22.0 Å². The van der Waals surface area contributed by atoms with E-state index in [0.717, 1.165) is 11.6 Å². The van der Waals surface area contributed by atoms with Crippen LogP contribution in [-0.2, 0) is 16.6 Å². The van der Waals surface area contributed by atoms with Crippen molar-refractivity contribution in [1.82, 2.24) is 0 Å². The number of halogens is 2. The Balaban J connectivity index is 2.45. The smallest absolute Gasteiger partial charge is 0.262 e. The van der Waals surface area contributed by atoms with Gasteiger partial charge in [-0.15, -0.1) is 0 Å². The molecule has 112 valence electrons. The van der Waals surface area contributed by atoms with Gasteiger partial charge in [0.15, 0.2) is 0 Å². The number of sulfonamides is 1. The summed E-state index contributed by atoms with van der Waals surface area (Å²) in [4.78, 5) is -0.215. The van der Waals surface area contributed by atoms with E-state index in [2.05, 4.69) is 4.72 Å². The van der Waals surface area contributed by atoms with Crippen molar-refractivity contribution in [1.29, 1.82) is 0 Å². The number of hydrogen-bond donors (Lipinski definition) is 2. The van der Waals surface area contributed by atoms with Crippen molar-refractivity contribution in [2.24, 2.45) is 5.73 Å². The predicted molar refractivity (Wildman–Crippen MR) is 81.3 cm³/mol. The highest BCUT2D eigenvalue weighted by atomic mass is 35.5. The van der Waals surface area contributed by atoms with Crippen LogP contribution in [0.15, 0.2) is 41.3 Å². The third-order valence-electron chi connectivity index (χ3n) is 3.00. The van der Waals surface area contributed by atoms with Crippen LogP contribution in [0.25, 0.3) is 0 Å². The molecule has 21 heavy (non-hydrogen) atoms. The molecule has 0 fully saturated rings. The zero-order valence-electron chi connectivity index (χ0n) is 11.2. The highest BCUT2D eigenvalue weighted by Crippen LogP contribution is 2.26. The molecule has 2 rings (SSSR count). The van der Waals surface area contributed by atoms with Gasteiger partial charge < -0.3 is 5.73 Å². The number of benzene rings is 2. The molecule has 0 atom stereocenters. The Labute approximate surface area is 127 Å². The monoisotopic (exact) mass is 328 g/mol. The van der Waals surface area contributed by atoms with Crippen molar-refractivity contribution in [3.05, 3.63) is 58.4 Å². The summed E-state index contributed by atoms with van der Waals surface area (Å²) >= 11 is 5.73. The zero-order chi connectivity index (χ0) is 15.6. The minimum atomic E-state index is -3.91. The zero-order valence-corrected chi connectivity index (χ0v) is 12.8. The lowest BCUT2D eigenvalue weighted by atomic mass is 10.2. The molecule has 0 heterocycles. The number of rotatable bonds is 4. The highest BCUT2D eigenvalue weighted by molar-refractivity contribution is 7.92. The Morgan fingerprint density at radius 3 is 2.57 bits per heavy atom. The summed E-state index contributed by atoms with van der Waals surface area (Å²) < 4.78 is 40.8. The second-order valence-corrected chi connectivity index (χ2v) is 6.56. The summed E-state index contributed by atoms with van der Waals surface area (Å²) in [5, 5.41) is -0.160. The van der Waals surface area contributed by atoms with Gasteiger partial charge in [0.2, 0.25) is 0 Å². The van der Waals surface area contributed by atoms with E-state index in [9.17, 15) is 12.8 Å². The fourth-order valence-electron chi connectivity index (χ4n) is 1.81. The topological polar surface area (TPSA) is 72.2 Å². The molecule has 0 aliphatic heterocycles. The minimum Gasteiger partial charge on any atom is -0.326 e. The van der Waals surface area contributed by atoms with E-state index < -0.39 is 15.8 Å². The Morgan fingerprint density at radius 1 is 1.29 bits per heavy atom. The molecule has 0 unspecified atom stereocenters. The van der Waals surface area contributed by atoms with Crippen LogP contribution < -0.4 is 10.5 Å².